The fraction of sp³-hybridized carbons (Fsp3) is 0.333. The van der Waals surface area contributed by atoms with E-state index in [1.54, 1.807) is 11.3 Å². The third-order valence-corrected chi connectivity index (χ3v) is 7.34. The number of rotatable bonds is 2. The van der Waals surface area contributed by atoms with Crippen LogP contribution in [0.5, 0.6) is 0 Å². The van der Waals surface area contributed by atoms with Crippen LogP contribution >= 0.6 is 11.3 Å². The number of aromatic nitrogens is 1. The molecule has 1 saturated heterocycles. The van der Waals surface area contributed by atoms with Crippen molar-refractivity contribution in [3.63, 3.8) is 0 Å². The van der Waals surface area contributed by atoms with Gasteiger partial charge in [-0.05, 0) is 61.9 Å². The van der Waals surface area contributed by atoms with Crippen molar-refractivity contribution in [3.05, 3.63) is 69.7 Å². The molecule has 0 radical (unpaired) electrons. The Bertz CT molecular complexity index is 1130. The summed E-state index contributed by atoms with van der Waals surface area (Å²) < 4.78 is 2.59. The molecule has 1 fully saturated rings. The lowest BCUT2D eigenvalue weighted by atomic mass is 9.95. The second-order valence-corrected chi connectivity index (χ2v) is 8.98. The number of hydrogen-bond acceptors (Lipinski definition) is 3. The average Bonchev–Trinajstić information content (AvgIpc) is 3.44. The SMILES string of the molecule is Cc1ccc2c(c1)c1c(n2-c2cscc2C2=CCNC=C2)CCN2CCCC12. The lowest BCUT2D eigenvalue weighted by Crippen LogP contribution is -2.31. The molecule has 0 saturated carbocycles. The number of nitrogens with zero attached hydrogens (tertiary/aromatic N) is 2. The standard InChI is InChI=1S/C24H25N3S/c1-16-4-5-20-18(13-16)24-21-3-2-11-26(21)12-8-22(24)27(20)23-15-28-14-19(23)17-6-9-25-10-7-17/h4-7,9,13-15,21,25H,2-3,8,10-12H2,1H3. The smallest absolute Gasteiger partial charge is 0.0644 e. The van der Waals surface area contributed by atoms with Gasteiger partial charge in [0.25, 0.3) is 0 Å². The summed E-state index contributed by atoms with van der Waals surface area (Å²) in [4.78, 5) is 2.71. The lowest BCUT2D eigenvalue weighted by molar-refractivity contribution is 0.243. The fourth-order valence-corrected chi connectivity index (χ4v) is 6.20. The van der Waals surface area contributed by atoms with E-state index in [0.717, 1.165) is 13.0 Å². The number of allylic oxidation sites excluding steroid dienone is 2. The van der Waals surface area contributed by atoms with Crippen molar-refractivity contribution in [1.29, 1.82) is 0 Å². The highest BCUT2D eigenvalue weighted by Crippen LogP contribution is 2.45. The Hall–Kier alpha value is -2.30. The highest BCUT2D eigenvalue weighted by molar-refractivity contribution is 7.08. The van der Waals surface area contributed by atoms with Crippen LogP contribution in [-0.4, -0.2) is 29.1 Å². The molecule has 28 heavy (non-hydrogen) atoms. The quantitative estimate of drug-likeness (QED) is 0.653. The predicted octanol–water partition coefficient (Wildman–Crippen LogP) is 5.19. The molecule has 3 nitrogen and oxygen atoms in total. The molecule has 0 spiro atoms. The van der Waals surface area contributed by atoms with Gasteiger partial charge in [-0.1, -0.05) is 17.7 Å². The van der Waals surface area contributed by atoms with Gasteiger partial charge < -0.3 is 9.88 Å². The molecule has 3 aromatic rings. The number of benzene rings is 1. The van der Waals surface area contributed by atoms with Crippen molar-refractivity contribution in [2.75, 3.05) is 19.6 Å². The number of fused-ring (bicyclic) bond motifs is 5. The van der Waals surface area contributed by atoms with Crippen LogP contribution in [0.1, 0.15) is 41.3 Å². The van der Waals surface area contributed by atoms with E-state index >= 15 is 0 Å². The van der Waals surface area contributed by atoms with Gasteiger partial charge in [0.05, 0.1) is 11.2 Å². The Morgan fingerprint density at radius 2 is 2.14 bits per heavy atom. The van der Waals surface area contributed by atoms with Crippen molar-refractivity contribution in [2.45, 2.75) is 32.2 Å². The molecule has 6 rings (SSSR count). The number of thiophene rings is 1. The minimum atomic E-state index is 0.606. The summed E-state index contributed by atoms with van der Waals surface area (Å²) in [7, 11) is 0. The number of hydrogen-bond donors (Lipinski definition) is 1. The highest BCUT2D eigenvalue weighted by Gasteiger charge is 2.36. The third-order valence-electron chi connectivity index (χ3n) is 6.61. The average molecular weight is 388 g/mol. The van der Waals surface area contributed by atoms with Gasteiger partial charge in [-0.15, -0.1) is 11.3 Å². The van der Waals surface area contributed by atoms with Crippen molar-refractivity contribution in [3.8, 4) is 5.69 Å². The monoisotopic (exact) mass is 387 g/mol. The van der Waals surface area contributed by atoms with Crippen LogP contribution in [0.3, 0.4) is 0 Å². The normalized spacial score (nSPS) is 21.5. The maximum Gasteiger partial charge on any atom is 0.0644 e. The molecule has 142 valence electrons. The van der Waals surface area contributed by atoms with Crippen molar-refractivity contribution >= 4 is 27.8 Å². The summed E-state index contributed by atoms with van der Waals surface area (Å²) in [6, 6.07) is 7.64. The van der Waals surface area contributed by atoms with E-state index in [1.165, 1.54) is 59.2 Å². The first-order valence-corrected chi connectivity index (χ1v) is 11.3. The van der Waals surface area contributed by atoms with Crippen LogP contribution in [0.2, 0.25) is 0 Å². The highest BCUT2D eigenvalue weighted by atomic mass is 32.1. The van der Waals surface area contributed by atoms with Crippen LogP contribution < -0.4 is 5.32 Å². The molecule has 1 N–H and O–H groups in total. The van der Waals surface area contributed by atoms with Gasteiger partial charge in [-0.2, -0.15) is 0 Å². The maximum absolute atomic E-state index is 3.28. The van der Waals surface area contributed by atoms with Crippen LogP contribution in [-0.2, 0) is 6.42 Å². The van der Waals surface area contributed by atoms with E-state index in [4.69, 9.17) is 0 Å². The van der Waals surface area contributed by atoms with Gasteiger partial charge in [-0.25, -0.2) is 0 Å². The number of nitrogens with one attached hydrogen (secondary N) is 1. The largest absolute Gasteiger partial charge is 0.387 e. The molecule has 3 aliphatic rings. The van der Waals surface area contributed by atoms with Gasteiger partial charge in [0.15, 0.2) is 0 Å². The van der Waals surface area contributed by atoms with Crippen LogP contribution in [0.15, 0.2) is 47.3 Å². The Kier molecular flexibility index (Phi) is 3.78. The predicted molar refractivity (Wildman–Crippen MR) is 118 cm³/mol. The van der Waals surface area contributed by atoms with Gasteiger partial charge in [-0.3, -0.25) is 4.90 Å². The first kappa shape index (κ1) is 16.6. The zero-order valence-corrected chi connectivity index (χ0v) is 17.1. The molecule has 0 aliphatic carbocycles. The summed E-state index contributed by atoms with van der Waals surface area (Å²) in [6.07, 6.45) is 10.3. The van der Waals surface area contributed by atoms with Gasteiger partial charge >= 0.3 is 0 Å². The summed E-state index contributed by atoms with van der Waals surface area (Å²) in [6.45, 7) is 5.58. The van der Waals surface area contributed by atoms with Gasteiger partial charge in [0, 0.05) is 53.0 Å². The zero-order valence-electron chi connectivity index (χ0n) is 16.2. The summed E-state index contributed by atoms with van der Waals surface area (Å²) in [5.74, 6) is 0. The van der Waals surface area contributed by atoms with Crippen LogP contribution in [0.25, 0.3) is 22.2 Å². The minimum absolute atomic E-state index is 0.606. The molecule has 0 amide bonds. The van der Waals surface area contributed by atoms with E-state index < -0.39 is 0 Å². The molecule has 0 bridgehead atoms. The molecule has 2 aromatic heterocycles. The Morgan fingerprint density at radius 3 is 3.04 bits per heavy atom. The first-order chi connectivity index (χ1) is 13.8. The molecular formula is C24H25N3S. The lowest BCUT2D eigenvalue weighted by Gasteiger charge is -2.31. The zero-order chi connectivity index (χ0) is 18.7. The Balaban J connectivity index is 1.63. The van der Waals surface area contributed by atoms with E-state index in [0.29, 0.717) is 6.04 Å². The van der Waals surface area contributed by atoms with Crippen molar-refractivity contribution in [2.24, 2.45) is 0 Å². The van der Waals surface area contributed by atoms with Gasteiger partial charge in [0.1, 0.15) is 0 Å². The Morgan fingerprint density at radius 1 is 1.18 bits per heavy atom. The summed E-state index contributed by atoms with van der Waals surface area (Å²) in [5, 5.41) is 9.40. The molecule has 1 aromatic carbocycles. The van der Waals surface area contributed by atoms with Crippen LogP contribution in [0, 0.1) is 6.92 Å². The summed E-state index contributed by atoms with van der Waals surface area (Å²) in [5.41, 5.74) is 9.92. The van der Waals surface area contributed by atoms with E-state index in [1.807, 2.05) is 11.3 Å². The Labute approximate surface area is 170 Å². The second-order valence-electron chi connectivity index (χ2n) is 8.23. The second kappa shape index (κ2) is 6.36. The fourth-order valence-electron chi connectivity index (χ4n) is 5.38. The summed E-state index contributed by atoms with van der Waals surface area (Å²) >= 11 is 1.81. The van der Waals surface area contributed by atoms with Crippen molar-refractivity contribution in [1.82, 2.24) is 14.8 Å². The minimum Gasteiger partial charge on any atom is -0.387 e. The topological polar surface area (TPSA) is 20.2 Å². The first-order valence-electron chi connectivity index (χ1n) is 10.4. The van der Waals surface area contributed by atoms with Crippen molar-refractivity contribution < 1.29 is 0 Å². The van der Waals surface area contributed by atoms with E-state index in [2.05, 4.69) is 69.0 Å². The van der Waals surface area contributed by atoms with Gasteiger partial charge in [0.2, 0.25) is 0 Å². The maximum atomic E-state index is 3.28. The molecule has 4 heteroatoms. The molecule has 1 atom stereocenters. The number of dihydropyridines is 1. The third kappa shape index (κ3) is 2.38. The molecule has 1 unspecified atom stereocenters. The molecule has 5 heterocycles. The van der Waals surface area contributed by atoms with E-state index in [-0.39, 0.29) is 0 Å². The molecular weight excluding hydrogens is 362 g/mol. The number of aryl methyl sites for hydroxylation is 1. The van der Waals surface area contributed by atoms with E-state index in [9.17, 15) is 0 Å². The molecule has 3 aliphatic heterocycles. The van der Waals surface area contributed by atoms with Crippen LogP contribution in [0.4, 0.5) is 0 Å².